The Morgan fingerprint density at radius 2 is 1.47 bits per heavy atom. The fraction of sp³-hybridized carbons (Fsp3) is 0.474. The van der Waals surface area contributed by atoms with Gasteiger partial charge in [0.1, 0.15) is 17.2 Å². The van der Waals surface area contributed by atoms with Gasteiger partial charge >= 0.3 is 6.03 Å². The number of rotatable bonds is 11. The molecular formula is C38H47N5O8. The van der Waals surface area contributed by atoms with Crippen molar-refractivity contribution in [2.75, 3.05) is 58.5 Å². The van der Waals surface area contributed by atoms with Crippen molar-refractivity contribution < 1.29 is 33.3 Å². The third kappa shape index (κ3) is 8.54. The maximum atomic E-state index is 12.9. The number of pyridine rings is 1. The number of carbonyl (C=O) groups excluding carboxylic acids is 3. The Kier molecular flexibility index (Phi) is 11.3. The second kappa shape index (κ2) is 16.0. The number of nitrogens with zero attached hydrogens (tertiary/aromatic N) is 4. The van der Waals surface area contributed by atoms with Crippen molar-refractivity contribution in [2.24, 2.45) is 7.05 Å². The molecule has 3 aromatic rings. The average molecular weight is 702 g/mol. The predicted octanol–water partition coefficient (Wildman–Crippen LogP) is 3.88. The Morgan fingerprint density at radius 3 is 2.06 bits per heavy atom. The van der Waals surface area contributed by atoms with Crippen LogP contribution in [0.4, 0.5) is 10.5 Å². The van der Waals surface area contributed by atoms with Crippen LogP contribution in [0.5, 0.6) is 17.2 Å². The summed E-state index contributed by atoms with van der Waals surface area (Å²) in [5.41, 5.74) is 4.17. The van der Waals surface area contributed by atoms with Crippen LogP contribution in [0.1, 0.15) is 43.2 Å². The van der Waals surface area contributed by atoms with Gasteiger partial charge in [-0.05, 0) is 86.2 Å². The van der Waals surface area contributed by atoms with Crippen molar-refractivity contribution >= 4 is 23.5 Å². The molecule has 1 aromatic heterocycles. The molecule has 13 heteroatoms. The van der Waals surface area contributed by atoms with Crippen LogP contribution in [0, 0.1) is 6.92 Å². The number of aryl methyl sites for hydroxylation is 2. The summed E-state index contributed by atoms with van der Waals surface area (Å²) in [5.74, 6) is 1.70. The molecule has 3 aliphatic heterocycles. The number of ether oxygens (including phenoxy) is 4. The van der Waals surface area contributed by atoms with Crippen molar-refractivity contribution in [3.8, 4) is 28.4 Å². The SMILES string of the molecule is COc1cc(-c2cc(C)c(=O)n(C)c2)cc(OC)c1CN1CCC(OC2CCN(C(=O)COc3ccc(N4CCC(=O)NC4=O)cc3)CC2)CC1. The molecule has 0 spiro atoms. The van der Waals surface area contributed by atoms with Gasteiger partial charge < -0.3 is 28.4 Å². The van der Waals surface area contributed by atoms with Crippen LogP contribution in [0.25, 0.3) is 11.1 Å². The Labute approximate surface area is 298 Å². The molecule has 1 N–H and O–H groups in total. The summed E-state index contributed by atoms with van der Waals surface area (Å²) in [6, 6.07) is 12.4. The number of hydrogen-bond acceptors (Lipinski definition) is 9. The van der Waals surface area contributed by atoms with Crippen molar-refractivity contribution in [3.63, 3.8) is 0 Å². The molecule has 0 atom stereocenters. The van der Waals surface area contributed by atoms with Crippen molar-refractivity contribution in [1.82, 2.24) is 19.7 Å². The standard InChI is InChI=1S/C38H47N5O8/c1-25-19-27(22-40(2)37(25)46)26-20-33(48-3)32(34(21-26)49-4)23-41-14-9-30(10-15-41)51-31-11-16-42(17-12-31)36(45)24-50-29-7-5-28(6-8-29)43-18-13-35(44)39-38(43)47/h5-8,19-22,30-31H,9-18,23-24H2,1-4H3,(H,39,44,47). The van der Waals surface area contributed by atoms with Gasteiger partial charge in [-0.25, -0.2) is 4.79 Å². The molecule has 0 radical (unpaired) electrons. The molecule has 4 heterocycles. The van der Waals surface area contributed by atoms with Crippen LogP contribution in [-0.2, 0) is 27.9 Å². The first-order valence-electron chi connectivity index (χ1n) is 17.5. The molecular weight excluding hydrogens is 654 g/mol. The molecule has 3 saturated heterocycles. The summed E-state index contributed by atoms with van der Waals surface area (Å²) in [7, 11) is 5.10. The van der Waals surface area contributed by atoms with E-state index in [0.717, 1.165) is 67.0 Å². The highest BCUT2D eigenvalue weighted by Gasteiger charge is 2.29. The Balaban J connectivity index is 0.938. The minimum atomic E-state index is -0.441. The topological polar surface area (TPSA) is 132 Å². The number of benzene rings is 2. The van der Waals surface area contributed by atoms with Crippen LogP contribution in [0.3, 0.4) is 0 Å². The number of amides is 4. The van der Waals surface area contributed by atoms with E-state index >= 15 is 0 Å². The van der Waals surface area contributed by atoms with Crippen LogP contribution in [0.15, 0.2) is 53.5 Å². The molecule has 272 valence electrons. The predicted molar refractivity (Wildman–Crippen MR) is 191 cm³/mol. The molecule has 0 bridgehead atoms. The second-order valence-electron chi connectivity index (χ2n) is 13.4. The van der Waals surface area contributed by atoms with E-state index in [4.69, 9.17) is 18.9 Å². The van der Waals surface area contributed by atoms with E-state index in [1.54, 1.807) is 50.1 Å². The molecule has 2 aromatic carbocycles. The molecule has 6 rings (SSSR count). The van der Waals surface area contributed by atoms with Crippen LogP contribution < -0.4 is 30.0 Å². The minimum Gasteiger partial charge on any atom is -0.496 e. The lowest BCUT2D eigenvalue weighted by Crippen LogP contribution is -2.49. The summed E-state index contributed by atoms with van der Waals surface area (Å²) in [6.45, 7) is 5.80. The third-order valence-corrected chi connectivity index (χ3v) is 9.96. The number of piperidine rings is 2. The number of aromatic nitrogens is 1. The maximum absolute atomic E-state index is 12.9. The zero-order valence-corrected chi connectivity index (χ0v) is 29.8. The Bertz CT molecular complexity index is 1740. The highest BCUT2D eigenvalue weighted by atomic mass is 16.5. The minimum absolute atomic E-state index is 0.0162. The fourth-order valence-corrected chi connectivity index (χ4v) is 7.05. The van der Waals surface area contributed by atoms with Gasteiger partial charge in [-0.15, -0.1) is 0 Å². The van der Waals surface area contributed by atoms with Gasteiger partial charge in [-0.2, -0.15) is 0 Å². The first-order chi connectivity index (χ1) is 24.6. The first kappa shape index (κ1) is 35.9. The number of likely N-dealkylation sites (tertiary alicyclic amines) is 2. The lowest BCUT2D eigenvalue weighted by atomic mass is 10.0. The van der Waals surface area contributed by atoms with Crippen LogP contribution >= 0.6 is 0 Å². The van der Waals surface area contributed by atoms with Gasteiger partial charge in [-0.1, -0.05) is 0 Å². The highest BCUT2D eigenvalue weighted by Crippen LogP contribution is 2.36. The number of carbonyl (C=O) groups is 3. The maximum Gasteiger partial charge on any atom is 0.328 e. The van der Waals surface area contributed by atoms with Crippen LogP contribution in [-0.4, -0.2) is 98.0 Å². The van der Waals surface area contributed by atoms with Gasteiger partial charge in [0.2, 0.25) is 5.91 Å². The lowest BCUT2D eigenvalue weighted by Gasteiger charge is -2.37. The lowest BCUT2D eigenvalue weighted by molar-refractivity contribution is -0.137. The number of methoxy groups -OCH3 is 2. The number of anilines is 1. The molecule has 3 aliphatic rings. The van der Waals surface area contributed by atoms with E-state index in [0.29, 0.717) is 43.2 Å². The van der Waals surface area contributed by atoms with Gasteiger partial charge in [0, 0.05) is 70.2 Å². The monoisotopic (exact) mass is 701 g/mol. The van der Waals surface area contributed by atoms with E-state index < -0.39 is 6.03 Å². The molecule has 13 nitrogen and oxygen atoms in total. The second-order valence-corrected chi connectivity index (χ2v) is 13.4. The summed E-state index contributed by atoms with van der Waals surface area (Å²) >= 11 is 0. The van der Waals surface area contributed by atoms with Gasteiger partial charge in [0.15, 0.2) is 6.61 Å². The Morgan fingerprint density at radius 1 is 0.843 bits per heavy atom. The summed E-state index contributed by atoms with van der Waals surface area (Å²) in [4.78, 5) is 54.3. The molecule has 0 aliphatic carbocycles. The molecule has 3 fully saturated rings. The summed E-state index contributed by atoms with van der Waals surface area (Å²) in [6.07, 6.45) is 5.81. The van der Waals surface area contributed by atoms with Crippen molar-refractivity contribution in [1.29, 1.82) is 0 Å². The van der Waals surface area contributed by atoms with E-state index in [1.165, 1.54) is 4.90 Å². The average Bonchev–Trinajstić information content (AvgIpc) is 3.14. The third-order valence-electron chi connectivity index (χ3n) is 9.96. The van der Waals surface area contributed by atoms with Crippen LogP contribution in [0.2, 0.25) is 0 Å². The molecule has 0 saturated carbocycles. The van der Waals surface area contributed by atoms with E-state index in [2.05, 4.69) is 10.2 Å². The van der Waals surface area contributed by atoms with Gasteiger partial charge in [0.25, 0.3) is 11.5 Å². The van der Waals surface area contributed by atoms with Crippen molar-refractivity contribution in [2.45, 2.75) is 57.8 Å². The van der Waals surface area contributed by atoms with E-state index in [-0.39, 0.29) is 42.6 Å². The highest BCUT2D eigenvalue weighted by molar-refractivity contribution is 6.05. The first-order valence-corrected chi connectivity index (χ1v) is 17.5. The Hall–Kier alpha value is -4.88. The number of nitrogens with one attached hydrogen (secondary N) is 1. The number of urea groups is 1. The quantitative estimate of drug-likeness (QED) is 0.317. The van der Waals surface area contributed by atoms with E-state index in [1.807, 2.05) is 36.2 Å². The molecule has 51 heavy (non-hydrogen) atoms. The van der Waals surface area contributed by atoms with Gasteiger partial charge in [-0.3, -0.25) is 29.5 Å². The largest absolute Gasteiger partial charge is 0.496 e. The summed E-state index contributed by atoms with van der Waals surface area (Å²) < 4.78 is 25.5. The number of hydrogen-bond donors (Lipinski definition) is 1. The smallest absolute Gasteiger partial charge is 0.328 e. The fourth-order valence-electron chi connectivity index (χ4n) is 7.05. The zero-order valence-electron chi connectivity index (χ0n) is 29.8. The van der Waals surface area contributed by atoms with Gasteiger partial charge in [0.05, 0.1) is 32.0 Å². The van der Waals surface area contributed by atoms with Crippen molar-refractivity contribution in [3.05, 3.63) is 70.1 Å². The van der Waals surface area contributed by atoms with E-state index in [9.17, 15) is 19.2 Å². The summed E-state index contributed by atoms with van der Waals surface area (Å²) in [5, 5.41) is 2.31. The molecule has 4 amide bonds. The normalized spacial score (nSPS) is 17.7. The zero-order chi connectivity index (χ0) is 36.1. The molecule has 0 unspecified atom stereocenters. The number of imide groups is 1.